The molecular formula is C28H38N4O8. The molecule has 0 heterocycles. The molecule has 0 saturated heterocycles. The highest BCUT2D eigenvalue weighted by Crippen LogP contribution is 2.14. The zero-order valence-corrected chi connectivity index (χ0v) is 22.7. The molecule has 40 heavy (non-hydrogen) atoms. The summed E-state index contributed by atoms with van der Waals surface area (Å²) in [5.74, 6) is -3.90. The maximum Gasteiger partial charge on any atom is 0.326 e. The van der Waals surface area contributed by atoms with Crippen LogP contribution in [0.15, 0.2) is 48.5 Å². The van der Waals surface area contributed by atoms with Crippen LogP contribution in [0.4, 0.5) is 0 Å². The van der Waals surface area contributed by atoms with Gasteiger partial charge in [-0.1, -0.05) is 44.5 Å². The number of benzene rings is 2. The van der Waals surface area contributed by atoms with Crippen LogP contribution in [0.3, 0.4) is 0 Å². The van der Waals surface area contributed by atoms with Crippen LogP contribution in [0.1, 0.15) is 38.3 Å². The zero-order chi connectivity index (χ0) is 30.0. The van der Waals surface area contributed by atoms with Gasteiger partial charge in [-0.2, -0.15) is 0 Å². The number of aliphatic carboxylic acids is 1. The number of carboxylic acid groups (broad SMARTS) is 1. The van der Waals surface area contributed by atoms with E-state index < -0.39 is 54.0 Å². The second-order valence-corrected chi connectivity index (χ2v) is 9.85. The van der Waals surface area contributed by atoms with E-state index in [4.69, 9.17) is 5.73 Å². The van der Waals surface area contributed by atoms with E-state index in [1.807, 2.05) is 6.92 Å². The lowest BCUT2D eigenvalue weighted by Gasteiger charge is -2.29. The number of nitrogens with one attached hydrogen (secondary N) is 3. The van der Waals surface area contributed by atoms with E-state index in [0.717, 1.165) is 0 Å². The summed E-state index contributed by atoms with van der Waals surface area (Å²) in [6, 6.07) is 6.99. The number of aliphatic hydroxyl groups is 1. The van der Waals surface area contributed by atoms with Crippen LogP contribution in [0.5, 0.6) is 11.5 Å². The highest BCUT2D eigenvalue weighted by atomic mass is 16.4. The first-order valence-electron chi connectivity index (χ1n) is 13.0. The summed E-state index contributed by atoms with van der Waals surface area (Å²) in [5.41, 5.74) is 7.29. The number of amides is 3. The van der Waals surface area contributed by atoms with Crippen molar-refractivity contribution in [2.24, 2.45) is 11.7 Å². The van der Waals surface area contributed by atoms with E-state index in [2.05, 4.69) is 16.0 Å². The number of hydrogen-bond acceptors (Lipinski definition) is 8. The van der Waals surface area contributed by atoms with Gasteiger partial charge in [-0.05, 0) is 54.7 Å². The summed E-state index contributed by atoms with van der Waals surface area (Å²) in [5, 5.41) is 46.1. The van der Waals surface area contributed by atoms with E-state index in [9.17, 15) is 39.6 Å². The summed E-state index contributed by atoms with van der Waals surface area (Å²) in [4.78, 5) is 50.9. The molecular weight excluding hydrogens is 520 g/mol. The highest BCUT2D eigenvalue weighted by molar-refractivity contribution is 5.94. The van der Waals surface area contributed by atoms with Gasteiger partial charge in [-0.15, -0.1) is 0 Å². The molecule has 2 aromatic rings. The maximum atomic E-state index is 13.2. The largest absolute Gasteiger partial charge is 0.508 e. The molecule has 6 atom stereocenters. The fraction of sp³-hybridized carbons (Fsp3) is 0.429. The lowest BCUT2D eigenvalue weighted by molar-refractivity contribution is -0.143. The molecule has 0 aliphatic rings. The maximum absolute atomic E-state index is 13.2. The first-order valence-corrected chi connectivity index (χ1v) is 13.0. The van der Waals surface area contributed by atoms with Crippen molar-refractivity contribution < 1.29 is 39.6 Å². The lowest BCUT2D eigenvalue weighted by atomic mass is 9.96. The van der Waals surface area contributed by atoms with Gasteiger partial charge < -0.3 is 42.1 Å². The van der Waals surface area contributed by atoms with Gasteiger partial charge in [-0.3, -0.25) is 14.4 Å². The van der Waals surface area contributed by atoms with E-state index in [1.54, 1.807) is 19.1 Å². The number of carboxylic acids is 1. The van der Waals surface area contributed by atoms with Crippen LogP contribution in [-0.4, -0.2) is 74.4 Å². The Balaban J connectivity index is 2.11. The van der Waals surface area contributed by atoms with Crippen LogP contribution in [0.25, 0.3) is 0 Å². The number of aromatic hydroxyl groups is 2. The third-order valence-corrected chi connectivity index (χ3v) is 6.58. The molecule has 2 aromatic carbocycles. The van der Waals surface area contributed by atoms with Crippen molar-refractivity contribution in [3.05, 3.63) is 59.7 Å². The Bertz CT molecular complexity index is 1150. The minimum Gasteiger partial charge on any atom is -0.508 e. The van der Waals surface area contributed by atoms with E-state index in [1.165, 1.54) is 43.3 Å². The van der Waals surface area contributed by atoms with Crippen LogP contribution in [0, 0.1) is 5.92 Å². The Labute approximate surface area is 232 Å². The monoisotopic (exact) mass is 558 g/mol. The molecule has 12 nitrogen and oxygen atoms in total. The van der Waals surface area contributed by atoms with Gasteiger partial charge in [-0.25, -0.2) is 4.79 Å². The number of aliphatic hydroxyl groups excluding tert-OH is 1. The summed E-state index contributed by atoms with van der Waals surface area (Å²) in [7, 11) is 0. The predicted octanol–water partition coefficient (Wildman–Crippen LogP) is 0.176. The first-order chi connectivity index (χ1) is 18.8. The average Bonchev–Trinajstić information content (AvgIpc) is 2.91. The van der Waals surface area contributed by atoms with Crippen molar-refractivity contribution >= 4 is 23.7 Å². The number of hydrogen-bond donors (Lipinski definition) is 8. The van der Waals surface area contributed by atoms with Crippen LogP contribution < -0.4 is 21.7 Å². The Morgan fingerprint density at radius 2 is 1.20 bits per heavy atom. The molecule has 0 saturated carbocycles. The van der Waals surface area contributed by atoms with Crippen molar-refractivity contribution in [1.82, 2.24) is 16.0 Å². The smallest absolute Gasteiger partial charge is 0.326 e. The third kappa shape index (κ3) is 9.54. The number of rotatable bonds is 14. The molecule has 0 bridgehead atoms. The topological polar surface area (TPSA) is 211 Å². The molecule has 9 N–H and O–H groups in total. The second kappa shape index (κ2) is 14.8. The van der Waals surface area contributed by atoms with E-state index >= 15 is 0 Å². The molecule has 0 aromatic heterocycles. The molecule has 0 fully saturated rings. The minimum absolute atomic E-state index is 0.000745. The average molecular weight is 559 g/mol. The molecule has 0 radical (unpaired) electrons. The SMILES string of the molecule is CCC(C)C(NC(=O)C(N)Cc1ccc(O)cc1)C(=O)NC(C(=O)NC(Cc1ccc(O)cc1)C(=O)O)C(C)O. The van der Waals surface area contributed by atoms with Gasteiger partial charge in [0.25, 0.3) is 0 Å². The lowest BCUT2D eigenvalue weighted by Crippen LogP contribution is -2.61. The molecule has 0 aliphatic heterocycles. The molecule has 218 valence electrons. The summed E-state index contributed by atoms with van der Waals surface area (Å²) in [6.07, 6.45) is -0.855. The fourth-order valence-corrected chi connectivity index (χ4v) is 3.92. The Hall–Kier alpha value is -4.16. The molecule has 3 amide bonds. The van der Waals surface area contributed by atoms with Gasteiger partial charge in [0.2, 0.25) is 17.7 Å². The van der Waals surface area contributed by atoms with Crippen molar-refractivity contribution in [1.29, 1.82) is 0 Å². The highest BCUT2D eigenvalue weighted by Gasteiger charge is 2.34. The van der Waals surface area contributed by atoms with Crippen LogP contribution in [0.2, 0.25) is 0 Å². The van der Waals surface area contributed by atoms with E-state index in [-0.39, 0.29) is 30.3 Å². The van der Waals surface area contributed by atoms with Crippen molar-refractivity contribution in [3.8, 4) is 11.5 Å². The number of phenols is 2. The quantitative estimate of drug-likeness (QED) is 0.159. The standard InChI is InChI=1S/C28H38N4O8/c1-4-15(2)23(31-25(36)21(29)13-17-5-9-19(34)10-6-17)26(37)32-24(16(3)33)27(38)30-22(28(39)40)14-18-7-11-20(35)12-8-18/h5-12,15-16,21-24,33-35H,4,13-14,29H2,1-3H3,(H,30,38)(H,31,36)(H,32,37)(H,39,40). The van der Waals surface area contributed by atoms with Gasteiger partial charge in [0.05, 0.1) is 12.1 Å². The normalized spacial score (nSPS) is 15.5. The zero-order valence-electron chi connectivity index (χ0n) is 22.7. The Morgan fingerprint density at radius 3 is 1.65 bits per heavy atom. The second-order valence-electron chi connectivity index (χ2n) is 9.85. The van der Waals surface area contributed by atoms with Crippen molar-refractivity contribution in [2.45, 2.75) is 70.3 Å². The van der Waals surface area contributed by atoms with Gasteiger partial charge in [0.1, 0.15) is 29.6 Å². The number of carbonyl (C=O) groups is 4. The van der Waals surface area contributed by atoms with Crippen LogP contribution >= 0.6 is 0 Å². The van der Waals surface area contributed by atoms with Gasteiger partial charge >= 0.3 is 5.97 Å². The van der Waals surface area contributed by atoms with Gasteiger partial charge in [0, 0.05) is 6.42 Å². The van der Waals surface area contributed by atoms with Crippen LogP contribution in [-0.2, 0) is 32.0 Å². The van der Waals surface area contributed by atoms with E-state index in [0.29, 0.717) is 17.5 Å². The summed E-state index contributed by atoms with van der Waals surface area (Å²) >= 11 is 0. The number of phenolic OH excluding ortho intramolecular Hbond substituents is 2. The summed E-state index contributed by atoms with van der Waals surface area (Å²) in [6.45, 7) is 4.81. The minimum atomic E-state index is -1.51. The number of nitrogens with two attached hydrogens (primary N) is 1. The molecule has 6 unspecified atom stereocenters. The number of carbonyl (C=O) groups excluding carboxylic acids is 3. The molecule has 2 rings (SSSR count). The molecule has 12 heteroatoms. The molecule has 0 aliphatic carbocycles. The Kier molecular flexibility index (Phi) is 11.9. The Morgan fingerprint density at radius 1 is 0.750 bits per heavy atom. The fourth-order valence-electron chi connectivity index (χ4n) is 3.92. The summed E-state index contributed by atoms with van der Waals surface area (Å²) < 4.78 is 0. The van der Waals surface area contributed by atoms with Gasteiger partial charge in [0.15, 0.2) is 0 Å². The third-order valence-electron chi connectivity index (χ3n) is 6.58. The van der Waals surface area contributed by atoms with Crippen molar-refractivity contribution in [3.63, 3.8) is 0 Å². The molecule has 0 spiro atoms. The van der Waals surface area contributed by atoms with Crippen molar-refractivity contribution in [2.75, 3.05) is 0 Å². The first kappa shape index (κ1) is 32.1. The predicted molar refractivity (Wildman–Crippen MR) is 146 cm³/mol.